The average molecular weight is 567 g/mol. The first-order valence-electron chi connectivity index (χ1n) is 14.4. The molecule has 8 nitrogen and oxygen atoms in total. The standard InChI is InChI=1S/C30H34N2O3.CH4O3S/c1-4-32-25-17(2)6-5-7-20(25)21-15-30(33)23-14-19-10-11-22(34-3)27-24(19)29(30,28(35-27)26(21)32)12-13-31(23)16-18-8-9-18;1-5(2,3)4/h5-7,10-11,18,23,28,33H,4,8-9,12-16H2,1-3H3;1H3,(H,2,3,4)/t23-,28+,29+,30-;/m1./s1. The van der Waals surface area contributed by atoms with Gasteiger partial charge in [-0.1, -0.05) is 24.3 Å². The molecule has 0 unspecified atom stereocenters. The van der Waals surface area contributed by atoms with Gasteiger partial charge in [-0.05, 0) is 74.8 Å². The molecule has 1 spiro atoms. The van der Waals surface area contributed by atoms with E-state index in [2.05, 4.69) is 53.6 Å². The van der Waals surface area contributed by atoms with Crippen LogP contribution < -0.4 is 9.47 Å². The third-order valence-electron chi connectivity index (χ3n) is 10.2. The number of nitrogens with zero attached hydrogens (tertiary/aromatic N) is 2. The number of hydrogen-bond donors (Lipinski definition) is 2. The molecule has 3 aromatic rings. The summed E-state index contributed by atoms with van der Waals surface area (Å²) in [4.78, 5) is 2.64. The van der Waals surface area contributed by atoms with Crippen LogP contribution in [0, 0.1) is 12.8 Å². The van der Waals surface area contributed by atoms with Crippen molar-refractivity contribution >= 4 is 21.0 Å². The van der Waals surface area contributed by atoms with Crippen LogP contribution in [-0.4, -0.2) is 65.6 Å². The maximum Gasteiger partial charge on any atom is 0.261 e. The van der Waals surface area contributed by atoms with Gasteiger partial charge in [-0.2, -0.15) is 8.42 Å². The van der Waals surface area contributed by atoms with E-state index in [0.29, 0.717) is 12.7 Å². The van der Waals surface area contributed by atoms with E-state index in [1.165, 1.54) is 51.7 Å². The van der Waals surface area contributed by atoms with Gasteiger partial charge in [0, 0.05) is 36.5 Å². The number of ether oxygens (including phenoxy) is 2. The molecule has 5 aliphatic rings. The van der Waals surface area contributed by atoms with Crippen LogP contribution in [0.1, 0.15) is 60.2 Å². The molecule has 40 heavy (non-hydrogen) atoms. The molecule has 0 radical (unpaired) electrons. The first-order valence-corrected chi connectivity index (χ1v) is 16.2. The van der Waals surface area contributed by atoms with Crippen LogP contribution in [-0.2, 0) is 34.9 Å². The summed E-state index contributed by atoms with van der Waals surface area (Å²) in [5, 5.41) is 14.4. The molecule has 3 heterocycles. The zero-order valence-corrected chi connectivity index (χ0v) is 24.4. The summed E-state index contributed by atoms with van der Waals surface area (Å²) in [6, 6.07) is 11.1. The zero-order valence-electron chi connectivity index (χ0n) is 23.6. The van der Waals surface area contributed by atoms with Gasteiger partial charge in [0.2, 0.25) is 0 Å². The number of likely N-dealkylation sites (tertiary alicyclic amines) is 1. The Labute approximate surface area is 235 Å². The minimum Gasteiger partial charge on any atom is -0.493 e. The van der Waals surface area contributed by atoms with E-state index in [1.54, 1.807) is 7.11 Å². The topological polar surface area (TPSA) is 101 Å². The smallest absolute Gasteiger partial charge is 0.261 e. The van der Waals surface area contributed by atoms with Gasteiger partial charge in [-0.15, -0.1) is 0 Å². The first kappa shape index (κ1) is 26.3. The number of hydrogen-bond acceptors (Lipinski definition) is 6. The summed E-state index contributed by atoms with van der Waals surface area (Å²) in [5.41, 5.74) is 6.45. The van der Waals surface area contributed by atoms with Crippen molar-refractivity contribution in [2.75, 3.05) is 26.5 Å². The second kappa shape index (κ2) is 8.71. The number of fused-ring (bicyclic) bond motifs is 4. The van der Waals surface area contributed by atoms with Crippen LogP contribution in [0.15, 0.2) is 30.3 Å². The Bertz CT molecular complexity index is 1640. The van der Waals surface area contributed by atoms with E-state index >= 15 is 0 Å². The number of rotatable bonds is 4. The molecule has 0 amide bonds. The molecule has 1 saturated heterocycles. The quantitative estimate of drug-likeness (QED) is 0.457. The Kier molecular flexibility index (Phi) is 5.73. The van der Waals surface area contributed by atoms with Gasteiger partial charge >= 0.3 is 0 Å². The van der Waals surface area contributed by atoms with Gasteiger partial charge in [0.05, 0.1) is 35.6 Å². The Morgan fingerprint density at radius 3 is 2.62 bits per heavy atom. The number of aliphatic hydroxyl groups is 1. The van der Waals surface area contributed by atoms with E-state index < -0.39 is 21.1 Å². The summed E-state index contributed by atoms with van der Waals surface area (Å²) in [5.74, 6) is 2.48. The molecule has 3 aliphatic carbocycles. The highest BCUT2D eigenvalue weighted by atomic mass is 32.2. The first-order chi connectivity index (χ1) is 19.0. The summed E-state index contributed by atoms with van der Waals surface area (Å²) < 4.78 is 41.2. The lowest BCUT2D eigenvalue weighted by molar-refractivity contribution is -0.173. The van der Waals surface area contributed by atoms with Crippen LogP contribution >= 0.6 is 0 Å². The number of aryl methyl sites for hydroxylation is 2. The highest BCUT2D eigenvalue weighted by Gasteiger charge is 2.73. The van der Waals surface area contributed by atoms with Crippen molar-refractivity contribution in [3.05, 3.63) is 58.3 Å². The van der Waals surface area contributed by atoms with Crippen LogP contribution in [0.5, 0.6) is 11.5 Å². The molecule has 1 saturated carbocycles. The van der Waals surface area contributed by atoms with Crippen molar-refractivity contribution in [3.63, 3.8) is 0 Å². The average Bonchev–Trinajstić information content (AvgIpc) is 3.55. The molecule has 1 aromatic heterocycles. The van der Waals surface area contributed by atoms with Gasteiger partial charge in [-0.3, -0.25) is 9.45 Å². The predicted molar refractivity (Wildman–Crippen MR) is 153 cm³/mol. The summed E-state index contributed by atoms with van der Waals surface area (Å²) in [7, 11) is -1.94. The predicted octanol–water partition coefficient (Wildman–Crippen LogP) is 4.18. The van der Waals surface area contributed by atoms with Crippen molar-refractivity contribution in [1.29, 1.82) is 0 Å². The normalized spacial score (nSPS) is 29.8. The molecule has 2 bridgehead atoms. The SMILES string of the molecule is CCn1c2c(c3cccc(C)c31)C[C@@]1(O)[C@H]3Cc4ccc(OC)c5c4[C@@]1(CCN3CC1CC1)[C@H]2O5.CS(=O)(=O)O. The van der Waals surface area contributed by atoms with Crippen LogP contribution in [0.2, 0.25) is 0 Å². The van der Waals surface area contributed by atoms with Crippen LogP contribution in [0.3, 0.4) is 0 Å². The summed E-state index contributed by atoms with van der Waals surface area (Å²) >= 11 is 0. The third kappa shape index (κ3) is 3.50. The van der Waals surface area contributed by atoms with Crippen LogP contribution in [0.4, 0.5) is 0 Å². The largest absolute Gasteiger partial charge is 0.493 e. The van der Waals surface area contributed by atoms with Crippen LogP contribution in [0.25, 0.3) is 10.9 Å². The maximum absolute atomic E-state index is 13.1. The van der Waals surface area contributed by atoms with Gasteiger partial charge in [0.15, 0.2) is 17.6 Å². The lowest BCUT2D eigenvalue weighted by atomic mass is 9.49. The molecule has 214 valence electrons. The second-order valence-corrected chi connectivity index (χ2v) is 13.9. The van der Waals surface area contributed by atoms with Gasteiger partial charge in [0.1, 0.15) is 0 Å². The number of benzene rings is 2. The van der Waals surface area contributed by atoms with Crippen molar-refractivity contribution in [3.8, 4) is 11.5 Å². The minimum atomic E-state index is -3.67. The molecule has 4 atom stereocenters. The summed E-state index contributed by atoms with van der Waals surface area (Å²) in [6.07, 6.45) is 5.69. The molecule has 2 fully saturated rings. The van der Waals surface area contributed by atoms with E-state index in [4.69, 9.17) is 14.0 Å². The van der Waals surface area contributed by atoms with Gasteiger partial charge < -0.3 is 19.1 Å². The Morgan fingerprint density at radius 1 is 1.20 bits per heavy atom. The Morgan fingerprint density at radius 2 is 1.95 bits per heavy atom. The lowest BCUT2D eigenvalue weighted by Crippen LogP contribution is -2.74. The highest BCUT2D eigenvalue weighted by Crippen LogP contribution is 2.69. The molecule has 9 heteroatoms. The lowest BCUT2D eigenvalue weighted by Gasteiger charge is -2.63. The molecule has 2 aromatic carbocycles. The zero-order chi connectivity index (χ0) is 28.2. The molecular weight excluding hydrogens is 528 g/mol. The fraction of sp³-hybridized carbons (Fsp3) is 0.548. The van der Waals surface area contributed by atoms with Gasteiger partial charge in [0.25, 0.3) is 10.1 Å². The van der Waals surface area contributed by atoms with Crippen molar-refractivity contribution in [1.82, 2.24) is 9.47 Å². The Balaban J connectivity index is 0.000000490. The molecular formula is C31H38N2O6S. The van der Waals surface area contributed by atoms with E-state index in [1.807, 2.05) is 0 Å². The Hall–Kier alpha value is -2.59. The number of aromatic nitrogens is 1. The van der Waals surface area contributed by atoms with E-state index in [0.717, 1.165) is 49.9 Å². The summed E-state index contributed by atoms with van der Waals surface area (Å²) in [6.45, 7) is 7.49. The fourth-order valence-corrected chi connectivity index (χ4v) is 8.57. The van der Waals surface area contributed by atoms with Crippen molar-refractivity contribution < 1.29 is 27.6 Å². The highest BCUT2D eigenvalue weighted by molar-refractivity contribution is 7.85. The minimum absolute atomic E-state index is 0.118. The molecule has 8 rings (SSSR count). The second-order valence-electron chi connectivity index (χ2n) is 12.4. The number of piperidine rings is 1. The van der Waals surface area contributed by atoms with Gasteiger partial charge in [-0.25, -0.2) is 0 Å². The fourth-order valence-electron chi connectivity index (χ4n) is 8.57. The number of methoxy groups -OCH3 is 1. The number of para-hydroxylation sites is 1. The van der Waals surface area contributed by atoms with Crippen molar-refractivity contribution in [2.24, 2.45) is 5.92 Å². The van der Waals surface area contributed by atoms with E-state index in [9.17, 15) is 13.5 Å². The monoisotopic (exact) mass is 566 g/mol. The van der Waals surface area contributed by atoms with Crippen molar-refractivity contribution in [2.45, 2.75) is 75.7 Å². The molecule has 2 N–H and O–H groups in total. The maximum atomic E-state index is 13.1. The molecule has 2 aliphatic heterocycles. The van der Waals surface area contributed by atoms with E-state index in [-0.39, 0.29) is 12.1 Å². The third-order valence-corrected chi connectivity index (χ3v) is 10.2.